The summed E-state index contributed by atoms with van der Waals surface area (Å²) in [5.74, 6) is -1.29. The first kappa shape index (κ1) is 20.4. The summed E-state index contributed by atoms with van der Waals surface area (Å²) in [5.41, 5.74) is 0.433. The lowest BCUT2D eigenvalue weighted by molar-refractivity contribution is -0.145. The molecule has 0 aromatic heterocycles. The van der Waals surface area contributed by atoms with Crippen molar-refractivity contribution in [1.29, 1.82) is 0 Å². The number of halogens is 1. The molecule has 0 spiro atoms. The smallest absolute Gasteiger partial charge is 0.310 e. The van der Waals surface area contributed by atoms with E-state index in [2.05, 4.69) is 4.90 Å². The zero-order valence-corrected chi connectivity index (χ0v) is 15.7. The number of rotatable bonds is 9. The largest absolute Gasteiger partial charge is 0.469 e. The molecule has 0 radical (unpaired) electrons. The van der Waals surface area contributed by atoms with Gasteiger partial charge in [-0.3, -0.25) is 9.59 Å². The SMILES string of the molecule is COC(=O)C(C)CN(CCCCN1CCCC1)C(=O)c1ccc(F)cc1. The molecule has 144 valence electrons. The van der Waals surface area contributed by atoms with Crippen LogP contribution in [0.2, 0.25) is 0 Å². The Balaban J connectivity index is 1.94. The summed E-state index contributed by atoms with van der Waals surface area (Å²) in [7, 11) is 1.35. The number of hydrogen-bond donors (Lipinski definition) is 0. The standard InChI is InChI=1S/C20H29FN2O3/c1-16(20(25)26-2)15-23(14-6-5-13-22-11-3-4-12-22)19(24)17-7-9-18(21)10-8-17/h7-10,16H,3-6,11-15H2,1-2H3. The topological polar surface area (TPSA) is 49.9 Å². The number of esters is 1. The van der Waals surface area contributed by atoms with E-state index < -0.39 is 5.92 Å². The quantitative estimate of drug-likeness (QED) is 0.499. The summed E-state index contributed by atoms with van der Waals surface area (Å²) < 4.78 is 17.9. The van der Waals surface area contributed by atoms with Gasteiger partial charge in [-0.1, -0.05) is 6.92 Å². The number of benzene rings is 1. The molecule has 1 atom stereocenters. The first-order chi connectivity index (χ1) is 12.5. The molecule has 5 nitrogen and oxygen atoms in total. The highest BCUT2D eigenvalue weighted by Crippen LogP contribution is 2.13. The van der Waals surface area contributed by atoms with Crippen LogP contribution in [0.4, 0.5) is 4.39 Å². The second-order valence-corrected chi connectivity index (χ2v) is 6.94. The first-order valence-electron chi connectivity index (χ1n) is 9.36. The molecule has 0 aliphatic carbocycles. The third-order valence-corrected chi connectivity index (χ3v) is 4.83. The molecule has 6 heteroatoms. The van der Waals surface area contributed by atoms with Gasteiger partial charge < -0.3 is 14.5 Å². The fourth-order valence-corrected chi connectivity index (χ4v) is 3.30. The number of amides is 1. The molecule has 1 fully saturated rings. The van der Waals surface area contributed by atoms with Crippen molar-refractivity contribution in [3.63, 3.8) is 0 Å². The summed E-state index contributed by atoms with van der Waals surface area (Å²) in [6.07, 6.45) is 4.43. The van der Waals surface area contributed by atoms with Crippen LogP contribution < -0.4 is 0 Å². The zero-order chi connectivity index (χ0) is 18.9. The van der Waals surface area contributed by atoms with E-state index in [-0.39, 0.29) is 17.7 Å². The Morgan fingerprint density at radius 1 is 1.19 bits per heavy atom. The van der Waals surface area contributed by atoms with Gasteiger partial charge in [0.05, 0.1) is 13.0 Å². The summed E-state index contributed by atoms with van der Waals surface area (Å²) in [4.78, 5) is 28.7. The Labute approximate surface area is 155 Å². The molecule has 1 saturated heterocycles. The number of nitrogens with zero attached hydrogens (tertiary/aromatic N) is 2. The maximum atomic E-state index is 13.1. The molecule has 26 heavy (non-hydrogen) atoms. The fraction of sp³-hybridized carbons (Fsp3) is 0.600. The number of ether oxygens (including phenoxy) is 1. The molecule has 1 amide bonds. The van der Waals surface area contributed by atoms with Crippen LogP contribution in [0.3, 0.4) is 0 Å². The van der Waals surface area contributed by atoms with Gasteiger partial charge in [0, 0.05) is 18.7 Å². The highest BCUT2D eigenvalue weighted by molar-refractivity contribution is 5.94. The summed E-state index contributed by atoms with van der Waals surface area (Å²) in [6, 6.07) is 5.53. The van der Waals surface area contributed by atoms with E-state index in [9.17, 15) is 14.0 Å². The van der Waals surface area contributed by atoms with Gasteiger partial charge in [0.15, 0.2) is 0 Å². The lowest BCUT2D eigenvalue weighted by Crippen LogP contribution is -2.38. The van der Waals surface area contributed by atoms with Crippen LogP contribution in [0.1, 0.15) is 43.0 Å². The van der Waals surface area contributed by atoms with Crippen LogP contribution in [-0.4, -0.2) is 61.5 Å². The Bertz CT molecular complexity index is 585. The third-order valence-electron chi connectivity index (χ3n) is 4.83. The van der Waals surface area contributed by atoms with Gasteiger partial charge in [-0.05, 0) is 69.6 Å². The van der Waals surface area contributed by atoms with Crippen molar-refractivity contribution in [2.24, 2.45) is 5.92 Å². The van der Waals surface area contributed by atoms with E-state index in [0.29, 0.717) is 18.7 Å². The van der Waals surface area contributed by atoms with Crippen molar-refractivity contribution in [3.05, 3.63) is 35.6 Å². The van der Waals surface area contributed by atoms with Gasteiger partial charge in [0.1, 0.15) is 5.82 Å². The Hall–Kier alpha value is -1.95. The average Bonchev–Trinajstić information content (AvgIpc) is 3.16. The van der Waals surface area contributed by atoms with Crippen molar-refractivity contribution in [1.82, 2.24) is 9.80 Å². The monoisotopic (exact) mass is 364 g/mol. The van der Waals surface area contributed by atoms with Gasteiger partial charge in [-0.15, -0.1) is 0 Å². The van der Waals surface area contributed by atoms with Crippen molar-refractivity contribution < 1.29 is 18.7 Å². The maximum Gasteiger partial charge on any atom is 0.310 e. The summed E-state index contributed by atoms with van der Waals surface area (Å²) in [5, 5.41) is 0. The van der Waals surface area contributed by atoms with Crippen LogP contribution in [-0.2, 0) is 9.53 Å². The second-order valence-electron chi connectivity index (χ2n) is 6.94. The molecule has 0 bridgehead atoms. The number of carbonyl (C=O) groups excluding carboxylic acids is 2. The van der Waals surface area contributed by atoms with Crippen molar-refractivity contribution in [3.8, 4) is 0 Å². The van der Waals surface area contributed by atoms with E-state index in [0.717, 1.165) is 32.5 Å². The molecule has 1 aliphatic rings. The Morgan fingerprint density at radius 3 is 2.46 bits per heavy atom. The van der Waals surface area contributed by atoms with Gasteiger partial charge >= 0.3 is 5.97 Å². The third kappa shape index (κ3) is 6.09. The highest BCUT2D eigenvalue weighted by Gasteiger charge is 2.22. The molecular weight excluding hydrogens is 335 g/mol. The molecule has 0 saturated carbocycles. The Morgan fingerprint density at radius 2 is 1.85 bits per heavy atom. The summed E-state index contributed by atoms with van der Waals surface area (Å²) in [6.45, 7) is 6.00. The predicted octanol–water partition coefficient (Wildman–Crippen LogP) is 2.95. The minimum Gasteiger partial charge on any atom is -0.469 e. The van der Waals surface area contributed by atoms with Crippen molar-refractivity contribution >= 4 is 11.9 Å². The predicted molar refractivity (Wildman–Crippen MR) is 98.4 cm³/mol. The average molecular weight is 364 g/mol. The molecule has 1 aromatic rings. The minimum absolute atomic E-state index is 0.179. The fourth-order valence-electron chi connectivity index (χ4n) is 3.30. The Kier molecular flexibility index (Phi) is 8.04. The molecule has 1 heterocycles. The van der Waals surface area contributed by atoms with Gasteiger partial charge in [-0.2, -0.15) is 0 Å². The normalized spacial score (nSPS) is 15.7. The van der Waals surface area contributed by atoms with E-state index >= 15 is 0 Å². The van der Waals surface area contributed by atoms with Crippen LogP contribution in [0, 0.1) is 11.7 Å². The molecule has 1 aliphatic heterocycles. The number of unbranched alkanes of at least 4 members (excludes halogenated alkanes) is 1. The van der Waals surface area contributed by atoms with E-state index in [1.54, 1.807) is 11.8 Å². The van der Waals surface area contributed by atoms with E-state index in [4.69, 9.17) is 4.74 Å². The van der Waals surface area contributed by atoms with Crippen LogP contribution in [0.5, 0.6) is 0 Å². The van der Waals surface area contributed by atoms with Crippen molar-refractivity contribution in [2.75, 3.05) is 39.8 Å². The van der Waals surface area contributed by atoms with Gasteiger partial charge in [0.25, 0.3) is 5.91 Å². The lowest BCUT2D eigenvalue weighted by atomic mass is 10.1. The minimum atomic E-state index is -0.400. The number of hydrogen-bond acceptors (Lipinski definition) is 4. The zero-order valence-electron chi connectivity index (χ0n) is 15.7. The van der Waals surface area contributed by atoms with Gasteiger partial charge in [-0.25, -0.2) is 4.39 Å². The molecule has 0 N–H and O–H groups in total. The number of methoxy groups -OCH3 is 1. The van der Waals surface area contributed by atoms with Crippen LogP contribution in [0.15, 0.2) is 24.3 Å². The van der Waals surface area contributed by atoms with Crippen molar-refractivity contribution in [2.45, 2.75) is 32.6 Å². The maximum absolute atomic E-state index is 13.1. The second kappa shape index (κ2) is 10.3. The van der Waals surface area contributed by atoms with E-state index in [1.807, 2.05) is 0 Å². The van der Waals surface area contributed by atoms with Gasteiger partial charge in [0.2, 0.25) is 0 Å². The van der Waals surface area contributed by atoms with Crippen LogP contribution >= 0.6 is 0 Å². The molecular formula is C20H29FN2O3. The first-order valence-corrected chi connectivity index (χ1v) is 9.36. The molecule has 1 aromatic carbocycles. The van der Waals surface area contributed by atoms with Crippen LogP contribution in [0.25, 0.3) is 0 Å². The molecule has 2 rings (SSSR count). The number of carbonyl (C=O) groups is 2. The summed E-state index contributed by atoms with van der Waals surface area (Å²) >= 11 is 0. The number of likely N-dealkylation sites (tertiary alicyclic amines) is 1. The highest BCUT2D eigenvalue weighted by atomic mass is 19.1. The van der Waals surface area contributed by atoms with E-state index in [1.165, 1.54) is 44.2 Å². The molecule has 1 unspecified atom stereocenters. The lowest BCUT2D eigenvalue weighted by Gasteiger charge is -2.25.